The Morgan fingerprint density at radius 3 is 2.46 bits per heavy atom. The van der Waals surface area contributed by atoms with Crippen LogP contribution in [0.25, 0.3) is 0 Å². The zero-order valence-electron chi connectivity index (χ0n) is 14.9. The second kappa shape index (κ2) is 6.97. The van der Waals surface area contributed by atoms with Crippen LogP contribution < -0.4 is 15.5 Å². The molecule has 0 atom stereocenters. The van der Waals surface area contributed by atoms with E-state index >= 15 is 0 Å². The van der Waals surface area contributed by atoms with Gasteiger partial charge in [-0.15, -0.1) is 0 Å². The summed E-state index contributed by atoms with van der Waals surface area (Å²) < 4.78 is 2.23. The van der Waals surface area contributed by atoms with Crippen LogP contribution in [0.5, 0.6) is 0 Å². The molecule has 0 N–H and O–H groups in total. The lowest BCUT2D eigenvalue weighted by atomic mass is 10.3. The van der Waals surface area contributed by atoms with Gasteiger partial charge in [-0.2, -0.15) is 9.67 Å². The molecule has 4 rings (SSSR count). The second-order valence-corrected chi connectivity index (χ2v) is 6.75. The Labute approximate surface area is 165 Å². The number of nitrogens with zero attached hydrogens (tertiary/aromatic N) is 5. The third-order valence-corrected chi connectivity index (χ3v) is 4.84. The molecule has 0 unspecified atom stereocenters. The maximum absolute atomic E-state index is 12.9. The minimum atomic E-state index is -0.631. The van der Waals surface area contributed by atoms with E-state index in [9.17, 15) is 14.4 Å². The van der Waals surface area contributed by atoms with Crippen LogP contribution in [-0.4, -0.2) is 33.3 Å². The van der Waals surface area contributed by atoms with Gasteiger partial charge in [0.2, 0.25) is 5.91 Å². The van der Waals surface area contributed by atoms with Gasteiger partial charge in [-0.25, -0.2) is 14.3 Å². The van der Waals surface area contributed by atoms with Crippen molar-refractivity contribution in [1.82, 2.24) is 14.3 Å². The molecular formula is C19H16ClN5O3. The topological polar surface area (TPSA) is 80.4 Å². The highest BCUT2D eigenvalue weighted by Gasteiger charge is 2.34. The summed E-state index contributed by atoms with van der Waals surface area (Å²) in [6, 6.07) is 15.4. The van der Waals surface area contributed by atoms with Crippen LogP contribution in [0.3, 0.4) is 0 Å². The third-order valence-electron chi connectivity index (χ3n) is 4.58. The number of aromatic nitrogens is 3. The van der Waals surface area contributed by atoms with E-state index in [2.05, 4.69) is 4.98 Å². The molecule has 9 heteroatoms. The van der Waals surface area contributed by atoms with Gasteiger partial charge in [0.1, 0.15) is 6.54 Å². The Balaban J connectivity index is 1.60. The summed E-state index contributed by atoms with van der Waals surface area (Å²) in [7, 11) is 1.62. The Morgan fingerprint density at radius 2 is 1.79 bits per heavy atom. The highest BCUT2D eigenvalue weighted by Crippen LogP contribution is 2.24. The van der Waals surface area contributed by atoms with Crippen molar-refractivity contribution in [1.29, 1.82) is 0 Å². The van der Waals surface area contributed by atoms with Gasteiger partial charge in [0.05, 0.1) is 6.54 Å². The van der Waals surface area contributed by atoms with Crippen molar-refractivity contribution >= 4 is 34.9 Å². The molecule has 2 amide bonds. The molecular weight excluding hydrogens is 382 g/mol. The van der Waals surface area contributed by atoms with Crippen molar-refractivity contribution in [3.8, 4) is 0 Å². The van der Waals surface area contributed by atoms with Gasteiger partial charge in [0.15, 0.2) is 5.82 Å². The third kappa shape index (κ3) is 3.07. The molecule has 1 aliphatic rings. The van der Waals surface area contributed by atoms with Crippen LogP contribution in [0.15, 0.2) is 59.4 Å². The number of hydrogen-bond acceptors (Lipinski definition) is 4. The van der Waals surface area contributed by atoms with E-state index in [0.717, 1.165) is 9.36 Å². The van der Waals surface area contributed by atoms with E-state index in [1.165, 1.54) is 9.80 Å². The smallest absolute Gasteiger partial charge is 0.314 e. The average Bonchev–Trinajstić information content (AvgIpc) is 3.18. The number of rotatable bonds is 4. The largest absolute Gasteiger partial charge is 0.365 e. The number of fused-ring (bicyclic) bond motifs is 1. The van der Waals surface area contributed by atoms with Crippen molar-refractivity contribution < 1.29 is 9.59 Å². The molecule has 2 heterocycles. The van der Waals surface area contributed by atoms with Crippen LogP contribution >= 0.6 is 11.6 Å². The van der Waals surface area contributed by atoms with Crippen molar-refractivity contribution in [2.45, 2.75) is 13.1 Å². The standard InChI is InChI=1S/C19H16ClN5O3/c1-22(14-5-3-2-4-6-14)17(26)12-24-18(27)21-16-11-23(19(28)25(16)24)15-9-7-13(20)8-10-15/h2-10H,11-12H2,1H3. The molecule has 142 valence electrons. The lowest BCUT2D eigenvalue weighted by Gasteiger charge is -2.19. The number of para-hydroxylation sites is 1. The molecule has 3 aromatic rings. The molecule has 0 saturated carbocycles. The molecule has 0 saturated heterocycles. The van der Waals surface area contributed by atoms with E-state index < -0.39 is 11.7 Å². The highest BCUT2D eigenvalue weighted by molar-refractivity contribution is 6.30. The predicted octanol–water partition coefficient (Wildman–Crippen LogP) is 2.35. The molecule has 28 heavy (non-hydrogen) atoms. The minimum Gasteiger partial charge on any atom is -0.314 e. The van der Waals surface area contributed by atoms with Crippen LogP contribution in [0.1, 0.15) is 5.82 Å². The van der Waals surface area contributed by atoms with Crippen molar-refractivity contribution in [3.05, 3.63) is 75.9 Å². The fraction of sp³-hybridized carbons (Fsp3) is 0.158. The summed E-state index contributed by atoms with van der Waals surface area (Å²) in [6.45, 7) is -0.150. The number of amides is 2. The lowest BCUT2D eigenvalue weighted by molar-refractivity contribution is -0.119. The van der Waals surface area contributed by atoms with E-state index in [1.54, 1.807) is 43.4 Å². The molecule has 0 bridgehead atoms. The Bertz CT molecular complexity index is 1100. The van der Waals surface area contributed by atoms with Gasteiger partial charge in [-0.1, -0.05) is 29.8 Å². The molecule has 1 aromatic heterocycles. The summed E-state index contributed by atoms with van der Waals surface area (Å²) in [4.78, 5) is 44.6. The fourth-order valence-electron chi connectivity index (χ4n) is 3.07. The van der Waals surface area contributed by atoms with Crippen LogP contribution in [0, 0.1) is 0 Å². The SMILES string of the molecule is CN(C(=O)Cn1c(=O)nc2n1C(=O)N(c1ccc(Cl)cc1)C2)c1ccccc1. The first kappa shape index (κ1) is 18.0. The molecule has 0 spiro atoms. The van der Waals surface area contributed by atoms with Crippen molar-refractivity contribution in [2.75, 3.05) is 16.8 Å². The first-order chi connectivity index (χ1) is 13.5. The van der Waals surface area contributed by atoms with Gasteiger partial charge in [-0.05, 0) is 36.4 Å². The van der Waals surface area contributed by atoms with Gasteiger partial charge >= 0.3 is 11.7 Å². The predicted molar refractivity (Wildman–Crippen MR) is 105 cm³/mol. The molecule has 1 aliphatic heterocycles. The maximum Gasteiger partial charge on any atom is 0.365 e. The van der Waals surface area contributed by atoms with Crippen molar-refractivity contribution in [2.24, 2.45) is 0 Å². The van der Waals surface area contributed by atoms with E-state index in [-0.39, 0.29) is 19.0 Å². The van der Waals surface area contributed by atoms with E-state index in [1.807, 2.05) is 18.2 Å². The first-order valence-corrected chi connectivity index (χ1v) is 8.91. The summed E-state index contributed by atoms with van der Waals surface area (Å²) in [5.74, 6) is -0.0474. The summed E-state index contributed by atoms with van der Waals surface area (Å²) in [5, 5.41) is 0.555. The van der Waals surface area contributed by atoms with Gasteiger partial charge in [0, 0.05) is 23.4 Å². The van der Waals surface area contributed by atoms with Crippen LogP contribution in [-0.2, 0) is 17.9 Å². The van der Waals surface area contributed by atoms with E-state index in [0.29, 0.717) is 22.2 Å². The quantitative estimate of drug-likeness (QED) is 0.676. The zero-order valence-corrected chi connectivity index (χ0v) is 15.7. The molecule has 0 radical (unpaired) electrons. The van der Waals surface area contributed by atoms with Gasteiger partial charge in [0.25, 0.3) is 0 Å². The fourth-order valence-corrected chi connectivity index (χ4v) is 3.20. The van der Waals surface area contributed by atoms with Crippen molar-refractivity contribution in [3.63, 3.8) is 0 Å². The normalized spacial score (nSPS) is 12.9. The number of halogens is 1. The first-order valence-electron chi connectivity index (χ1n) is 8.53. The number of likely N-dealkylation sites (N-methyl/N-ethyl adjacent to an activating group) is 1. The molecule has 2 aromatic carbocycles. The summed E-state index contributed by atoms with van der Waals surface area (Å²) in [5.41, 5.74) is 0.691. The molecule has 0 aliphatic carbocycles. The average molecular weight is 398 g/mol. The summed E-state index contributed by atoms with van der Waals surface area (Å²) in [6.07, 6.45) is 0. The van der Waals surface area contributed by atoms with Gasteiger partial charge < -0.3 is 4.90 Å². The number of anilines is 2. The highest BCUT2D eigenvalue weighted by atomic mass is 35.5. The second-order valence-electron chi connectivity index (χ2n) is 6.31. The number of benzene rings is 2. The Morgan fingerprint density at radius 1 is 1.11 bits per heavy atom. The van der Waals surface area contributed by atoms with E-state index in [4.69, 9.17) is 11.6 Å². The molecule has 8 nitrogen and oxygen atoms in total. The van der Waals surface area contributed by atoms with Gasteiger partial charge in [-0.3, -0.25) is 9.69 Å². The maximum atomic E-state index is 12.9. The number of carbonyl (C=O) groups excluding carboxylic acids is 2. The number of hydrogen-bond donors (Lipinski definition) is 0. The van der Waals surface area contributed by atoms with Crippen LogP contribution in [0.4, 0.5) is 16.2 Å². The minimum absolute atomic E-state index is 0.144. The molecule has 0 fully saturated rings. The summed E-state index contributed by atoms with van der Waals surface area (Å²) >= 11 is 5.90. The zero-order chi connectivity index (χ0) is 19.8. The number of carbonyl (C=O) groups is 2. The van der Waals surface area contributed by atoms with Crippen LogP contribution in [0.2, 0.25) is 5.02 Å². The lowest BCUT2D eigenvalue weighted by Crippen LogP contribution is -2.39. The Kier molecular flexibility index (Phi) is 4.48. The Hall–Kier alpha value is -3.39. The monoisotopic (exact) mass is 397 g/mol.